The minimum absolute atomic E-state index is 0.367. The number of nitrogens with zero attached hydrogens (tertiary/aromatic N) is 2. The highest BCUT2D eigenvalue weighted by Crippen LogP contribution is 2.42. The number of nitrogens with one attached hydrogen (secondary N) is 1. The molecule has 180 valence electrons. The molecule has 0 radical (unpaired) electrons. The zero-order valence-corrected chi connectivity index (χ0v) is 22.1. The van der Waals surface area contributed by atoms with Crippen molar-refractivity contribution in [1.29, 1.82) is 0 Å². The second-order valence-corrected chi connectivity index (χ2v) is 11.3. The number of benzene rings is 2. The molecule has 5 rings (SSSR count). The Morgan fingerprint density at radius 3 is 2.34 bits per heavy atom. The van der Waals surface area contributed by atoms with Crippen LogP contribution in [0.1, 0.15) is 51.2 Å². The van der Waals surface area contributed by atoms with Crippen LogP contribution in [-0.2, 0) is 10.3 Å². The number of amides is 1. The van der Waals surface area contributed by atoms with Crippen LogP contribution >= 0.6 is 15.9 Å². The molecule has 0 spiro atoms. The van der Waals surface area contributed by atoms with Crippen molar-refractivity contribution in [3.8, 4) is 22.5 Å². The van der Waals surface area contributed by atoms with Crippen molar-refractivity contribution in [2.75, 3.05) is 0 Å². The third kappa shape index (κ3) is 4.59. The third-order valence-corrected chi connectivity index (χ3v) is 7.01. The van der Waals surface area contributed by atoms with Crippen LogP contribution in [0.15, 0.2) is 71.3 Å². The van der Waals surface area contributed by atoms with Gasteiger partial charge in [-0.2, -0.15) is 0 Å². The van der Waals surface area contributed by atoms with Gasteiger partial charge in [0.05, 0.1) is 16.9 Å². The van der Waals surface area contributed by atoms with E-state index in [1.807, 2.05) is 26.8 Å². The van der Waals surface area contributed by atoms with E-state index in [-0.39, 0.29) is 11.6 Å². The largest absolute Gasteiger partial charge is 0.444 e. The van der Waals surface area contributed by atoms with Crippen LogP contribution in [0.3, 0.4) is 0 Å². The van der Waals surface area contributed by atoms with Gasteiger partial charge in [-0.25, -0.2) is 9.78 Å². The summed E-state index contributed by atoms with van der Waals surface area (Å²) in [6, 6.07) is 20.9. The average molecular weight is 532 g/mol. The number of hydrogen-bond acceptors (Lipinski definition) is 3. The molecule has 0 bridgehead atoms. The van der Waals surface area contributed by atoms with Crippen LogP contribution in [0.4, 0.5) is 4.79 Å². The first-order valence-corrected chi connectivity index (χ1v) is 12.8. The summed E-state index contributed by atoms with van der Waals surface area (Å²) in [6.45, 7) is 7.73. The number of ether oxygens (including phenoxy) is 1. The van der Waals surface area contributed by atoms with Gasteiger partial charge in [-0.3, -0.25) is 4.40 Å². The molecule has 1 amide bonds. The van der Waals surface area contributed by atoms with E-state index in [4.69, 9.17) is 9.72 Å². The number of pyridine rings is 1. The Balaban J connectivity index is 1.54. The molecule has 5 nitrogen and oxygen atoms in total. The molecule has 4 aromatic rings. The molecule has 1 N–H and O–H groups in total. The highest BCUT2D eigenvalue weighted by Gasteiger charge is 2.41. The molecule has 35 heavy (non-hydrogen) atoms. The fourth-order valence-electron chi connectivity index (χ4n) is 4.80. The molecule has 0 aliphatic heterocycles. The predicted molar refractivity (Wildman–Crippen MR) is 143 cm³/mol. The number of aryl methyl sites for hydroxylation is 1. The molecule has 2 aromatic carbocycles. The highest BCUT2D eigenvalue weighted by atomic mass is 79.9. The third-order valence-electron chi connectivity index (χ3n) is 6.58. The lowest BCUT2D eigenvalue weighted by Crippen LogP contribution is -2.52. The van der Waals surface area contributed by atoms with Crippen molar-refractivity contribution in [2.24, 2.45) is 0 Å². The van der Waals surface area contributed by atoms with Crippen molar-refractivity contribution >= 4 is 27.7 Å². The van der Waals surface area contributed by atoms with Gasteiger partial charge in [0.15, 0.2) is 0 Å². The summed E-state index contributed by atoms with van der Waals surface area (Å²) >= 11 is 3.65. The minimum Gasteiger partial charge on any atom is -0.444 e. The zero-order chi connectivity index (χ0) is 24.8. The van der Waals surface area contributed by atoms with Crippen molar-refractivity contribution in [2.45, 2.75) is 58.1 Å². The number of hydrogen-bond donors (Lipinski definition) is 1. The lowest BCUT2D eigenvalue weighted by Gasteiger charge is -2.43. The van der Waals surface area contributed by atoms with Crippen LogP contribution in [0.25, 0.3) is 28.2 Å². The molecule has 1 fully saturated rings. The minimum atomic E-state index is -0.525. The first-order chi connectivity index (χ1) is 16.7. The van der Waals surface area contributed by atoms with Gasteiger partial charge in [0, 0.05) is 21.8 Å². The molecule has 0 atom stereocenters. The molecule has 0 unspecified atom stereocenters. The van der Waals surface area contributed by atoms with E-state index < -0.39 is 5.60 Å². The number of alkyl carbamates (subject to hydrolysis) is 1. The summed E-state index contributed by atoms with van der Waals surface area (Å²) in [5, 5.41) is 3.15. The number of imidazole rings is 1. The van der Waals surface area contributed by atoms with Gasteiger partial charge in [0.25, 0.3) is 0 Å². The normalized spacial score (nSPS) is 15.0. The molecule has 2 heterocycles. The van der Waals surface area contributed by atoms with E-state index >= 15 is 0 Å². The van der Waals surface area contributed by atoms with E-state index in [9.17, 15) is 4.79 Å². The maximum Gasteiger partial charge on any atom is 0.408 e. The van der Waals surface area contributed by atoms with E-state index in [0.717, 1.165) is 63.0 Å². The maximum atomic E-state index is 12.5. The standard InChI is InChI=1S/C29H30BrN3O2/c1-19-17-23(30)18-33-25(21-9-6-5-7-10-21)24(31-26(19)33)20-11-13-22(14-12-20)29(15-8-16-29)32-27(34)35-28(2,3)4/h5-7,9-14,17-18H,8,15-16H2,1-4H3,(H,32,34). The summed E-state index contributed by atoms with van der Waals surface area (Å²) < 4.78 is 8.71. The first-order valence-electron chi connectivity index (χ1n) is 12.0. The maximum absolute atomic E-state index is 12.5. The van der Waals surface area contributed by atoms with Gasteiger partial charge >= 0.3 is 6.09 Å². The highest BCUT2D eigenvalue weighted by molar-refractivity contribution is 9.10. The number of carbonyl (C=O) groups is 1. The molecule has 0 saturated heterocycles. The Morgan fingerprint density at radius 2 is 1.74 bits per heavy atom. The Hall–Kier alpha value is -3.12. The summed E-state index contributed by atoms with van der Waals surface area (Å²) in [7, 11) is 0. The van der Waals surface area contributed by atoms with Gasteiger partial charge in [-0.15, -0.1) is 0 Å². The first kappa shape index (κ1) is 23.6. The van der Waals surface area contributed by atoms with E-state index in [2.05, 4.69) is 93.4 Å². The number of aromatic nitrogens is 2. The topological polar surface area (TPSA) is 55.6 Å². The fraction of sp³-hybridized carbons (Fsp3) is 0.310. The quantitative estimate of drug-likeness (QED) is 0.294. The van der Waals surface area contributed by atoms with Gasteiger partial charge in [0.1, 0.15) is 11.2 Å². The molecular formula is C29H30BrN3O2. The van der Waals surface area contributed by atoms with Crippen LogP contribution < -0.4 is 5.32 Å². The molecule has 1 aliphatic carbocycles. The van der Waals surface area contributed by atoms with E-state index in [0.29, 0.717) is 0 Å². The SMILES string of the molecule is Cc1cc(Br)cn2c(-c3ccccc3)c(-c3ccc(C4(NC(=O)OC(C)(C)C)CCC4)cc3)nc12. The lowest BCUT2D eigenvalue weighted by atomic mass is 9.71. The molecular weight excluding hydrogens is 502 g/mol. The van der Waals surface area contributed by atoms with Crippen LogP contribution in [0, 0.1) is 6.92 Å². The Morgan fingerprint density at radius 1 is 1.06 bits per heavy atom. The Labute approximate surface area is 214 Å². The van der Waals surface area contributed by atoms with Crippen molar-refractivity contribution < 1.29 is 9.53 Å². The van der Waals surface area contributed by atoms with Crippen molar-refractivity contribution in [3.05, 3.63) is 82.5 Å². The average Bonchev–Trinajstić information content (AvgIpc) is 3.15. The number of rotatable bonds is 4. The Bertz CT molecular complexity index is 1380. The van der Waals surface area contributed by atoms with E-state index in [1.165, 1.54) is 0 Å². The monoisotopic (exact) mass is 531 g/mol. The summed E-state index contributed by atoms with van der Waals surface area (Å²) in [6.07, 6.45) is 4.60. The smallest absolute Gasteiger partial charge is 0.408 e. The number of carbonyl (C=O) groups excluding carboxylic acids is 1. The molecule has 1 aliphatic rings. The van der Waals surface area contributed by atoms with Gasteiger partial charge in [-0.05, 0) is 80.1 Å². The summed E-state index contributed by atoms with van der Waals surface area (Å²) in [5.74, 6) is 0. The van der Waals surface area contributed by atoms with Crippen LogP contribution in [0.5, 0.6) is 0 Å². The lowest BCUT2D eigenvalue weighted by molar-refractivity contribution is 0.0377. The zero-order valence-electron chi connectivity index (χ0n) is 20.6. The predicted octanol–water partition coefficient (Wildman–Crippen LogP) is 7.64. The van der Waals surface area contributed by atoms with Crippen LogP contribution in [-0.4, -0.2) is 21.1 Å². The Kier molecular flexibility index (Phi) is 5.96. The van der Waals surface area contributed by atoms with Crippen molar-refractivity contribution in [1.82, 2.24) is 14.7 Å². The molecule has 2 aromatic heterocycles. The fourth-order valence-corrected chi connectivity index (χ4v) is 5.35. The summed E-state index contributed by atoms with van der Waals surface area (Å²) in [4.78, 5) is 17.6. The van der Waals surface area contributed by atoms with Crippen LogP contribution in [0.2, 0.25) is 0 Å². The number of fused-ring (bicyclic) bond motifs is 1. The van der Waals surface area contributed by atoms with Crippen molar-refractivity contribution in [3.63, 3.8) is 0 Å². The molecule has 6 heteroatoms. The summed E-state index contributed by atoms with van der Waals surface area (Å²) in [5.41, 5.74) is 6.39. The molecule has 1 saturated carbocycles. The number of halogens is 1. The second kappa shape index (κ2) is 8.83. The van der Waals surface area contributed by atoms with E-state index in [1.54, 1.807) is 0 Å². The van der Waals surface area contributed by atoms with Gasteiger partial charge in [0.2, 0.25) is 0 Å². The van der Waals surface area contributed by atoms with Gasteiger partial charge < -0.3 is 10.1 Å². The second-order valence-electron chi connectivity index (χ2n) is 10.3. The van der Waals surface area contributed by atoms with Gasteiger partial charge in [-0.1, -0.05) is 54.6 Å².